The highest BCUT2D eigenvalue weighted by atomic mass is 35.5. The molecular formula is C18H16Cl2N4O5S. The molecule has 3 rings (SSSR count). The minimum Gasteiger partial charge on any atom is -0.324 e. The van der Waals surface area contributed by atoms with Crippen LogP contribution in [-0.4, -0.2) is 37.7 Å². The van der Waals surface area contributed by atoms with Crippen molar-refractivity contribution in [2.75, 3.05) is 11.9 Å². The van der Waals surface area contributed by atoms with Crippen molar-refractivity contribution >= 4 is 56.8 Å². The number of carbonyl (C=O) groups excluding carboxylic acids is 3. The zero-order valence-corrected chi connectivity index (χ0v) is 17.8. The predicted octanol–water partition coefficient (Wildman–Crippen LogP) is 2.05. The van der Waals surface area contributed by atoms with Gasteiger partial charge in [0.1, 0.15) is 12.1 Å². The lowest BCUT2D eigenvalue weighted by Crippen LogP contribution is -2.42. The van der Waals surface area contributed by atoms with E-state index in [1.54, 1.807) is 0 Å². The van der Waals surface area contributed by atoms with Crippen LogP contribution in [0, 0.1) is 0 Å². The second kappa shape index (κ2) is 7.88. The van der Waals surface area contributed by atoms with E-state index in [9.17, 15) is 22.8 Å². The number of primary sulfonamides is 1. The number of urea groups is 1. The molecule has 0 bridgehead atoms. The summed E-state index contributed by atoms with van der Waals surface area (Å²) in [5.41, 5.74) is -1.01. The number of nitrogens with zero attached hydrogens (tertiary/aromatic N) is 1. The summed E-state index contributed by atoms with van der Waals surface area (Å²) in [5.74, 6) is -1.39. The number of hydrogen-bond acceptors (Lipinski definition) is 5. The quantitative estimate of drug-likeness (QED) is 0.573. The first kappa shape index (κ1) is 22.0. The number of nitrogens with two attached hydrogens (primary N) is 1. The first-order chi connectivity index (χ1) is 13.9. The zero-order valence-electron chi connectivity index (χ0n) is 15.5. The van der Waals surface area contributed by atoms with Gasteiger partial charge in [-0.2, -0.15) is 0 Å². The Balaban J connectivity index is 1.78. The van der Waals surface area contributed by atoms with Crippen molar-refractivity contribution in [2.24, 2.45) is 5.14 Å². The molecule has 12 heteroatoms. The van der Waals surface area contributed by atoms with E-state index in [4.69, 9.17) is 28.3 Å². The number of amides is 4. The Morgan fingerprint density at radius 3 is 2.53 bits per heavy atom. The first-order valence-corrected chi connectivity index (χ1v) is 10.7. The third kappa shape index (κ3) is 4.26. The molecule has 4 N–H and O–H groups in total. The summed E-state index contributed by atoms with van der Waals surface area (Å²) in [6.45, 7) is 0.876. The molecule has 1 aliphatic heterocycles. The van der Waals surface area contributed by atoms with E-state index >= 15 is 0 Å². The highest BCUT2D eigenvalue weighted by molar-refractivity contribution is 7.89. The van der Waals surface area contributed by atoms with Gasteiger partial charge >= 0.3 is 6.03 Å². The third-order valence-electron chi connectivity index (χ3n) is 4.49. The minimum atomic E-state index is -3.96. The monoisotopic (exact) mass is 470 g/mol. The number of carbonyl (C=O) groups is 3. The average Bonchev–Trinajstić information content (AvgIpc) is 2.85. The van der Waals surface area contributed by atoms with Crippen LogP contribution in [-0.2, 0) is 25.2 Å². The van der Waals surface area contributed by atoms with Crippen molar-refractivity contribution in [3.63, 3.8) is 0 Å². The molecule has 1 aliphatic rings. The number of anilines is 1. The Morgan fingerprint density at radius 1 is 1.20 bits per heavy atom. The number of sulfonamides is 1. The van der Waals surface area contributed by atoms with Crippen molar-refractivity contribution in [1.29, 1.82) is 0 Å². The first-order valence-electron chi connectivity index (χ1n) is 8.44. The molecule has 1 fully saturated rings. The summed E-state index contributed by atoms with van der Waals surface area (Å²) in [6.07, 6.45) is 0. The summed E-state index contributed by atoms with van der Waals surface area (Å²) in [7, 11) is -3.96. The molecule has 1 atom stereocenters. The molecule has 0 saturated carbocycles. The molecule has 1 saturated heterocycles. The second-order valence-corrected chi connectivity index (χ2v) is 9.10. The summed E-state index contributed by atoms with van der Waals surface area (Å²) in [4.78, 5) is 38.2. The molecule has 2 aromatic carbocycles. The van der Waals surface area contributed by atoms with Gasteiger partial charge in [0.25, 0.3) is 5.91 Å². The maximum Gasteiger partial charge on any atom is 0.325 e. The smallest absolute Gasteiger partial charge is 0.324 e. The summed E-state index contributed by atoms with van der Waals surface area (Å²) in [5, 5.41) is 10.6. The van der Waals surface area contributed by atoms with Gasteiger partial charge < -0.3 is 10.6 Å². The van der Waals surface area contributed by atoms with E-state index in [2.05, 4.69) is 10.6 Å². The number of nitrogens with one attached hydrogen (secondary N) is 2. The van der Waals surface area contributed by atoms with E-state index in [1.165, 1.54) is 43.3 Å². The Labute approximate surface area is 182 Å². The zero-order chi connectivity index (χ0) is 22.3. The minimum absolute atomic E-state index is 0.141. The maximum atomic E-state index is 12.9. The Hall–Kier alpha value is -2.66. The number of imide groups is 1. The van der Waals surface area contributed by atoms with Crippen molar-refractivity contribution in [3.05, 3.63) is 58.1 Å². The van der Waals surface area contributed by atoms with Gasteiger partial charge in [0.05, 0.1) is 4.90 Å². The fourth-order valence-corrected chi connectivity index (χ4v) is 4.17. The van der Waals surface area contributed by atoms with Crippen LogP contribution in [0.1, 0.15) is 12.5 Å². The third-order valence-corrected chi connectivity index (χ3v) is 5.95. The van der Waals surface area contributed by atoms with E-state index in [1.807, 2.05) is 0 Å². The fraction of sp³-hybridized carbons (Fsp3) is 0.167. The van der Waals surface area contributed by atoms with Gasteiger partial charge in [-0.1, -0.05) is 35.3 Å². The Bertz CT molecular complexity index is 1170. The van der Waals surface area contributed by atoms with Crippen LogP contribution in [0.3, 0.4) is 0 Å². The van der Waals surface area contributed by atoms with Gasteiger partial charge in [0.15, 0.2) is 0 Å². The highest BCUT2D eigenvalue weighted by Gasteiger charge is 2.50. The predicted molar refractivity (Wildman–Crippen MR) is 111 cm³/mol. The van der Waals surface area contributed by atoms with Crippen LogP contribution in [0.25, 0.3) is 0 Å². The van der Waals surface area contributed by atoms with Crippen LogP contribution in [0.4, 0.5) is 10.5 Å². The van der Waals surface area contributed by atoms with Crippen LogP contribution in [0.5, 0.6) is 0 Å². The van der Waals surface area contributed by atoms with Crippen LogP contribution in [0.15, 0.2) is 47.4 Å². The molecule has 0 aromatic heterocycles. The van der Waals surface area contributed by atoms with Crippen molar-refractivity contribution < 1.29 is 22.8 Å². The summed E-state index contributed by atoms with van der Waals surface area (Å²) in [6, 6.07) is 8.98. The van der Waals surface area contributed by atoms with Gasteiger partial charge in [-0.05, 0) is 37.3 Å². The molecule has 4 amide bonds. The van der Waals surface area contributed by atoms with Crippen LogP contribution >= 0.6 is 23.2 Å². The molecule has 1 unspecified atom stereocenters. The van der Waals surface area contributed by atoms with E-state index in [0.29, 0.717) is 10.6 Å². The second-order valence-electron chi connectivity index (χ2n) is 6.69. The normalized spacial score (nSPS) is 19.0. The van der Waals surface area contributed by atoms with Gasteiger partial charge in [-0.3, -0.25) is 14.5 Å². The van der Waals surface area contributed by atoms with Crippen LogP contribution in [0.2, 0.25) is 10.0 Å². The number of benzene rings is 2. The molecule has 0 radical (unpaired) electrons. The lowest BCUT2D eigenvalue weighted by Gasteiger charge is -2.23. The highest BCUT2D eigenvalue weighted by Crippen LogP contribution is 2.34. The lowest BCUT2D eigenvalue weighted by atomic mass is 9.92. The number of rotatable bonds is 5. The van der Waals surface area contributed by atoms with Gasteiger partial charge in [-0.15, -0.1) is 0 Å². The molecule has 0 aliphatic carbocycles. The molecule has 158 valence electrons. The topological polar surface area (TPSA) is 139 Å². The van der Waals surface area contributed by atoms with Crippen molar-refractivity contribution in [2.45, 2.75) is 17.4 Å². The van der Waals surface area contributed by atoms with Crippen LogP contribution < -0.4 is 15.8 Å². The largest absolute Gasteiger partial charge is 0.325 e. The number of hydrogen-bond donors (Lipinski definition) is 3. The fourth-order valence-electron chi connectivity index (χ4n) is 3.01. The molecule has 0 spiro atoms. The van der Waals surface area contributed by atoms with E-state index in [0.717, 1.165) is 11.0 Å². The standard InChI is InChI=1S/C18H16Cl2N4O5S/c1-18(13-6-5-10(19)7-14(13)20)16(26)24(17(27)23-18)9-15(25)22-11-3-2-4-12(8-11)30(21,28)29/h2-8H,9H2,1H3,(H,22,25)(H,23,27)(H2,21,28,29). The molecule has 1 heterocycles. The van der Waals surface area contributed by atoms with E-state index in [-0.39, 0.29) is 15.6 Å². The van der Waals surface area contributed by atoms with Crippen molar-refractivity contribution in [1.82, 2.24) is 10.2 Å². The summed E-state index contributed by atoms with van der Waals surface area (Å²) < 4.78 is 22.9. The SMILES string of the molecule is CC1(c2ccc(Cl)cc2Cl)NC(=O)N(CC(=O)Nc2cccc(S(N)(=O)=O)c2)C1=O. The Kier molecular flexibility index (Phi) is 5.79. The molecule has 9 nitrogen and oxygen atoms in total. The summed E-state index contributed by atoms with van der Waals surface area (Å²) >= 11 is 12.1. The lowest BCUT2D eigenvalue weighted by molar-refractivity contribution is -0.133. The number of halogens is 2. The Morgan fingerprint density at radius 2 is 1.90 bits per heavy atom. The molecular weight excluding hydrogens is 455 g/mol. The van der Waals surface area contributed by atoms with E-state index < -0.39 is 40.0 Å². The van der Waals surface area contributed by atoms with Gasteiger partial charge in [0.2, 0.25) is 15.9 Å². The molecule has 2 aromatic rings. The molecule has 30 heavy (non-hydrogen) atoms. The van der Waals surface area contributed by atoms with Gasteiger partial charge in [-0.25, -0.2) is 18.4 Å². The van der Waals surface area contributed by atoms with Gasteiger partial charge in [0, 0.05) is 21.3 Å². The maximum absolute atomic E-state index is 12.9. The van der Waals surface area contributed by atoms with Crippen molar-refractivity contribution in [3.8, 4) is 0 Å². The average molecular weight is 471 g/mol.